The molecule has 0 aliphatic carbocycles. The molecule has 1 aliphatic heterocycles. The van der Waals surface area contributed by atoms with Crippen molar-refractivity contribution in [1.29, 1.82) is 0 Å². The molecule has 0 N–H and O–H groups in total. The molecule has 1 saturated heterocycles. The van der Waals surface area contributed by atoms with Crippen LogP contribution in [-0.2, 0) is 14.3 Å². The van der Waals surface area contributed by atoms with Gasteiger partial charge in [-0.05, 0) is 65.5 Å². The van der Waals surface area contributed by atoms with E-state index in [-0.39, 0.29) is 12.5 Å². The van der Waals surface area contributed by atoms with Gasteiger partial charge in [0.1, 0.15) is 4.32 Å². The monoisotopic (exact) mass is 605 g/mol. The van der Waals surface area contributed by atoms with Crippen molar-refractivity contribution in [1.82, 2.24) is 4.90 Å². The molecule has 6 nitrogen and oxygen atoms in total. The molecule has 0 aromatic heterocycles. The maximum Gasteiger partial charge on any atom is 0.333 e. The molecule has 1 amide bonds. The van der Waals surface area contributed by atoms with E-state index in [1.165, 1.54) is 17.7 Å². The summed E-state index contributed by atoms with van der Waals surface area (Å²) in [5, 5.41) is 0. The fraction of sp³-hybridized carbons (Fsp3) is 0.393. The van der Waals surface area contributed by atoms with Gasteiger partial charge in [0, 0.05) is 0 Å². The minimum Gasteiger partial charge on any atom is -0.490 e. The van der Waals surface area contributed by atoms with Crippen molar-refractivity contribution in [3.05, 3.63) is 63.0 Å². The van der Waals surface area contributed by atoms with E-state index >= 15 is 0 Å². The average molecular weight is 607 g/mol. The molecule has 1 fully saturated rings. The minimum atomic E-state index is -0.950. The molecule has 1 atom stereocenters. The Bertz CT molecular complexity index is 1140. The van der Waals surface area contributed by atoms with Crippen molar-refractivity contribution < 1.29 is 23.8 Å². The number of rotatable bonds is 13. The smallest absolute Gasteiger partial charge is 0.333 e. The van der Waals surface area contributed by atoms with E-state index in [1.807, 2.05) is 37.3 Å². The second kappa shape index (κ2) is 14.5. The van der Waals surface area contributed by atoms with Gasteiger partial charge in [-0.25, -0.2) is 4.79 Å². The lowest BCUT2D eigenvalue weighted by Crippen LogP contribution is -2.38. The van der Waals surface area contributed by atoms with Gasteiger partial charge in [-0.15, -0.1) is 0 Å². The summed E-state index contributed by atoms with van der Waals surface area (Å²) in [6.07, 6.45) is 6.19. The van der Waals surface area contributed by atoms with Gasteiger partial charge in [0.25, 0.3) is 5.91 Å². The summed E-state index contributed by atoms with van der Waals surface area (Å²) in [5.74, 6) is 0.382. The summed E-state index contributed by atoms with van der Waals surface area (Å²) in [5.41, 5.74) is 1.39. The molecule has 0 spiro atoms. The summed E-state index contributed by atoms with van der Waals surface area (Å²) in [6, 6.07) is 11.8. The third kappa shape index (κ3) is 7.58. The zero-order chi connectivity index (χ0) is 26.8. The first-order valence-corrected chi connectivity index (χ1v) is 14.5. The van der Waals surface area contributed by atoms with Gasteiger partial charge >= 0.3 is 5.97 Å². The number of esters is 1. The minimum absolute atomic E-state index is 0.202. The standard InChI is InChI=1S/C28H32BrNO5S2/c1-4-7-8-12-15-35-25-21(29)16-19(17-22(25)33-5-2)18-23-26(31)30(28(36)37-23)24(27(32)34-6-3)20-13-10-9-11-14-20/h9-11,13-14,16-18,24H,4-8,12,15H2,1-3H3/b23-18-. The Balaban J connectivity index is 1.88. The normalized spacial score (nSPS) is 15.2. The topological polar surface area (TPSA) is 65.1 Å². The van der Waals surface area contributed by atoms with Crippen LogP contribution in [0, 0.1) is 0 Å². The highest BCUT2D eigenvalue weighted by molar-refractivity contribution is 9.10. The average Bonchev–Trinajstić information content (AvgIpc) is 3.14. The number of thiocarbonyl (C=S) groups is 1. The van der Waals surface area contributed by atoms with Crippen LogP contribution >= 0.6 is 39.9 Å². The Hall–Kier alpha value is -2.36. The summed E-state index contributed by atoms with van der Waals surface area (Å²) in [4.78, 5) is 28.2. The van der Waals surface area contributed by atoms with Crippen LogP contribution in [0.15, 0.2) is 51.8 Å². The van der Waals surface area contributed by atoms with Crippen molar-refractivity contribution in [3.63, 3.8) is 0 Å². The quantitative estimate of drug-likeness (QED) is 0.103. The number of hydrogen-bond acceptors (Lipinski definition) is 7. The first kappa shape index (κ1) is 29.2. The van der Waals surface area contributed by atoms with E-state index in [9.17, 15) is 9.59 Å². The van der Waals surface area contributed by atoms with Crippen molar-refractivity contribution in [2.45, 2.75) is 52.5 Å². The number of amides is 1. The largest absolute Gasteiger partial charge is 0.490 e. The number of carbonyl (C=O) groups excluding carboxylic acids is 2. The van der Waals surface area contributed by atoms with E-state index in [4.69, 9.17) is 26.4 Å². The Morgan fingerprint density at radius 3 is 2.51 bits per heavy atom. The van der Waals surface area contributed by atoms with Crippen LogP contribution in [0.1, 0.15) is 63.6 Å². The van der Waals surface area contributed by atoms with Crippen molar-refractivity contribution >= 4 is 62.2 Å². The predicted octanol–water partition coefficient (Wildman–Crippen LogP) is 7.31. The third-order valence-electron chi connectivity index (χ3n) is 5.58. The lowest BCUT2D eigenvalue weighted by molar-refractivity contribution is -0.151. The van der Waals surface area contributed by atoms with Gasteiger partial charge in [-0.1, -0.05) is 80.5 Å². The number of thioether (sulfide) groups is 1. The summed E-state index contributed by atoms with van der Waals surface area (Å²) in [7, 11) is 0. The molecule has 37 heavy (non-hydrogen) atoms. The van der Waals surface area contributed by atoms with E-state index in [0.717, 1.165) is 34.6 Å². The Labute approximate surface area is 236 Å². The van der Waals surface area contributed by atoms with Crippen molar-refractivity contribution in [2.75, 3.05) is 19.8 Å². The van der Waals surface area contributed by atoms with Crippen LogP contribution in [0.2, 0.25) is 0 Å². The molecule has 1 unspecified atom stereocenters. The molecule has 2 aromatic rings. The molecule has 2 aromatic carbocycles. The second-order valence-corrected chi connectivity index (χ2v) is 10.8. The van der Waals surface area contributed by atoms with Gasteiger partial charge in [0.05, 0.1) is 29.2 Å². The molecule has 0 bridgehead atoms. The summed E-state index contributed by atoms with van der Waals surface area (Å²) >= 11 is 10.3. The zero-order valence-electron chi connectivity index (χ0n) is 21.3. The maximum absolute atomic E-state index is 13.5. The Kier molecular flexibility index (Phi) is 11.5. The lowest BCUT2D eigenvalue weighted by Gasteiger charge is -2.25. The molecule has 3 rings (SSSR count). The van der Waals surface area contributed by atoms with Crippen LogP contribution in [0.5, 0.6) is 11.5 Å². The van der Waals surface area contributed by atoms with Crippen LogP contribution in [0.4, 0.5) is 0 Å². The van der Waals surface area contributed by atoms with Crippen molar-refractivity contribution in [3.8, 4) is 11.5 Å². The first-order chi connectivity index (χ1) is 17.9. The highest BCUT2D eigenvalue weighted by Crippen LogP contribution is 2.41. The molecule has 9 heteroatoms. The number of carbonyl (C=O) groups is 2. The molecule has 198 valence electrons. The van der Waals surface area contributed by atoms with Gasteiger partial charge < -0.3 is 14.2 Å². The molecule has 1 aliphatic rings. The zero-order valence-corrected chi connectivity index (χ0v) is 24.5. The van der Waals surface area contributed by atoms with Gasteiger partial charge in [0.2, 0.25) is 0 Å². The fourth-order valence-electron chi connectivity index (χ4n) is 3.88. The summed E-state index contributed by atoms with van der Waals surface area (Å²) < 4.78 is 18.2. The number of unbranched alkanes of at least 4 members (excludes halogenated alkanes) is 3. The number of hydrogen-bond donors (Lipinski definition) is 0. The number of halogens is 1. The van der Waals surface area contributed by atoms with E-state index in [1.54, 1.807) is 25.1 Å². The summed E-state index contributed by atoms with van der Waals surface area (Å²) in [6.45, 7) is 7.10. The number of benzene rings is 2. The van der Waals surface area contributed by atoms with Gasteiger partial charge in [-0.2, -0.15) is 0 Å². The molecule has 0 radical (unpaired) electrons. The van der Waals surface area contributed by atoms with E-state index in [0.29, 0.717) is 39.5 Å². The van der Waals surface area contributed by atoms with Crippen molar-refractivity contribution in [2.24, 2.45) is 0 Å². The number of ether oxygens (including phenoxy) is 3. The van der Waals surface area contributed by atoms with Crippen LogP contribution in [-0.4, -0.2) is 40.9 Å². The molecular weight excluding hydrogens is 574 g/mol. The lowest BCUT2D eigenvalue weighted by atomic mass is 10.1. The highest BCUT2D eigenvalue weighted by Gasteiger charge is 2.42. The molecular formula is C28H32BrNO5S2. The maximum atomic E-state index is 13.5. The van der Waals surface area contributed by atoms with Crippen LogP contribution in [0.25, 0.3) is 6.08 Å². The Morgan fingerprint density at radius 1 is 1.08 bits per heavy atom. The van der Waals surface area contributed by atoms with E-state index in [2.05, 4.69) is 22.9 Å². The van der Waals surface area contributed by atoms with Crippen LogP contribution in [0.3, 0.4) is 0 Å². The third-order valence-corrected chi connectivity index (χ3v) is 7.50. The van der Waals surface area contributed by atoms with Gasteiger partial charge in [0.15, 0.2) is 17.5 Å². The fourth-order valence-corrected chi connectivity index (χ4v) is 5.77. The molecule has 0 saturated carbocycles. The predicted molar refractivity (Wildman–Crippen MR) is 156 cm³/mol. The first-order valence-electron chi connectivity index (χ1n) is 12.5. The Morgan fingerprint density at radius 2 is 1.84 bits per heavy atom. The second-order valence-electron chi connectivity index (χ2n) is 8.29. The number of nitrogens with zero attached hydrogens (tertiary/aromatic N) is 1. The molecule has 1 heterocycles. The van der Waals surface area contributed by atoms with Gasteiger partial charge in [-0.3, -0.25) is 9.69 Å². The highest BCUT2D eigenvalue weighted by atomic mass is 79.9. The van der Waals surface area contributed by atoms with Crippen LogP contribution < -0.4 is 9.47 Å². The van der Waals surface area contributed by atoms with E-state index < -0.39 is 12.0 Å². The SMILES string of the molecule is CCCCCCOc1c(Br)cc(/C=C2\SC(=S)N(C(C(=O)OCC)c3ccccc3)C2=O)cc1OCC.